The highest BCUT2D eigenvalue weighted by molar-refractivity contribution is 5.42. The van der Waals surface area contributed by atoms with Crippen LogP contribution < -0.4 is 0 Å². The number of benzene rings is 2. The highest BCUT2D eigenvalue weighted by Crippen LogP contribution is 2.37. The Kier molecular flexibility index (Phi) is 6.14. The molecule has 2 aromatic rings. The van der Waals surface area contributed by atoms with Gasteiger partial charge in [-0.05, 0) is 75.6 Å². The Morgan fingerprint density at radius 3 is 2.33 bits per heavy atom. The SMILES string of the molecule is CCc1cc(C)ccc1[C@](O)(CCCN(C)C)c1ccc(F)cc1. The van der Waals surface area contributed by atoms with Crippen molar-refractivity contribution in [2.24, 2.45) is 0 Å². The summed E-state index contributed by atoms with van der Waals surface area (Å²) in [6.07, 6.45) is 2.32. The van der Waals surface area contributed by atoms with Crippen molar-refractivity contribution < 1.29 is 9.50 Å². The van der Waals surface area contributed by atoms with E-state index in [9.17, 15) is 9.50 Å². The molecule has 2 nitrogen and oxygen atoms in total. The second-order valence-corrected chi connectivity index (χ2v) is 6.79. The van der Waals surface area contributed by atoms with Crippen LogP contribution in [0.25, 0.3) is 0 Å². The predicted octanol–water partition coefficient (Wildman–Crippen LogP) is 4.27. The Balaban J connectivity index is 2.47. The summed E-state index contributed by atoms with van der Waals surface area (Å²) < 4.78 is 13.3. The topological polar surface area (TPSA) is 23.5 Å². The number of aryl methyl sites for hydroxylation is 2. The second kappa shape index (κ2) is 7.91. The Labute approximate surface area is 144 Å². The van der Waals surface area contributed by atoms with E-state index >= 15 is 0 Å². The van der Waals surface area contributed by atoms with E-state index < -0.39 is 5.60 Å². The van der Waals surface area contributed by atoms with Crippen LogP contribution in [0.1, 0.15) is 42.0 Å². The zero-order valence-electron chi connectivity index (χ0n) is 15.1. The minimum atomic E-state index is -1.09. The molecular formula is C21H28FNO. The van der Waals surface area contributed by atoms with Crippen molar-refractivity contribution in [3.63, 3.8) is 0 Å². The fourth-order valence-corrected chi connectivity index (χ4v) is 3.23. The average molecular weight is 329 g/mol. The largest absolute Gasteiger partial charge is 0.380 e. The van der Waals surface area contributed by atoms with E-state index in [-0.39, 0.29) is 5.82 Å². The van der Waals surface area contributed by atoms with Gasteiger partial charge in [-0.2, -0.15) is 0 Å². The molecule has 3 heteroatoms. The van der Waals surface area contributed by atoms with E-state index in [1.165, 1.54) is 17.7 Å². The van der Waals surface area contributed by atoms with Crippen molar-refractivity contribution in [3.8, 4) is 0 Å². The van der Waals surface area contributed by atoms with Crippen LogP contribution in [0.5, 0.6) is 0 Å². The quantitative estimate of drug-likeness (QED) is 0.820. The van der Waals surface area contributed by atoms with Gasteiger partial charge < -0.3 is 10.0 Å². The molecule has 0 aromatic heterocycles. The summed E-state index contributed by atoms with van der Waals surface area (Å²) in [5, 5.41) is 11.6. The van der Waals surface area contributed by atoms with Gasteiger partial charge in [0.05, 0.1) is 0 Å². The summed E-state index contributed by atoms with van der Waals surface area (Å²) in [6.45, 7) is 5.06. The third kappa shape index (κ3) is 4.22. The molecule has 2 rings (SSSR count). The number of halogens is 1. The van der Waals surface area contributed by atoms with Gasteiger partial charge in [0, 0.05) is 0 Å². The van der Waals surface area contributed by atoms with Gasteiger partial charge >= 0.3 is 0 Å². The number of aliphatic hydroxyl groups is 1. The van der Waals surface area contributed by atoms with Crippen LogP contribution in [0, 0.1) is 12.7 Å². The molecular weight excluding hydrogens is 301 g/mol. The summed E-state index contributed by atoms with van der Waals surface area (Å²) in [5.41, 5.74) is 2.92. The van der Waals surface area contributed by atoms with E-state index in [0.717, 1.165) is 36.1 Å². The summed E-state index contributed by atoms with van der Waals surface area (Å²) in [4.78, 5) is 2.11. The first kappa shape index (κ1) is 18.6. The highest BCUT2D eigenvalue weighted by Gasteiger charge is 2.33. The van der Waals surface area contributed by atoms with Crippen LogP contribution in [0.2, 0.25) is 0 Å². The summed E-state index contributed by atoms with van der Waals surface area (Å²) in [5.74, 6) is -0.283. The van der Waals surface area contributed by atoms with Gasteiger partial charge in [0.1, 0.15) is 11.4 Å². The van der Waals surface area contributed by atoms with E-state index in [2.05, 4.69) is 24.8 Å². The van der Waals surface area contributed by atoms with E-state index in [4.69, 9.17) is 0 Å². The van der Waals surface area contributed by atoms with Crippen molar-refractivity contribution in [2.75, 3.05) is 20.6 Å². The Bertz CT molecular complexity index is 666. The number of hydrogen-bond donors (Lipinski definition) is 1. The smallest absolute Gasteiger partial charge is 0.123 e. The van der Waals surface area contributed by atoms with Gasteiger partial charge in [0.2, 0.25) is 0 Å². The van der Waals surface area contributed by atoms with Gasteiger partial charge in [-0.3, -0.25) is 0 Å². The molecule has 0 unspecified atom stereocenters. The molecule has 0 fully saturated rings. The van der Waals surface area contributed by atoms with Gasteiger partial charge in [0.15, 0.2) is 0 Å². The van der Waals surface area contributed by atoms with Gasteiger partial charge in [-0.25, -0.2) is 4.39 Å². The Hall–Kier alpha value is -1.71. The van der Waals surface area contributed by atoms with Crippen LogP contribution in [0.3, 0.4) is 0 Å². The second-order valence-electron chi connectivity index (χ2n) is 6.79. The third-order valence-electron chi connectivity index (χ3n) is 4.55. The maximum atomic E-state index is 13.3. The zero-order valence-corrected chi connectivity index (χ0v) is 15.1. The van der Waals surface area contributed by atoms with Crippen LogP contribution >= 0.6 is 0 Å². The molecule has 130 valence electrons. The molecule has 0 aliphatic rings. The molecule has 0 heterocycles. The van der Waals surface area contributed by atoms with Crippen molar-refractivity contribution in [1.29, 1.82) is 0 Å². The average Bonchev–Trinajstić information content (AvgIpc) is 2.54. The Morgan fingerprint density at radius 2 is 1.75 bits per heavy atom. The Morgan fingerprint density at radius 1 is 1.08 bits per heavy atom. The summed E-state index contributed by atoms with van der Waals surface area (Å²) in [7, 11) is 4.06. The predicted molar refractivity (Wildman–Crippen MR) is 97.7 cm³/mol. The van der Waals surface area contributed by atoms with Gasteiger partial charge in [-0.15, -0.1) is 0 Å². The number of nitrogens with zero attached hydrogens (tertiary/aromatic N) is 1. The number of hydrogen-bond acceptors (Lipinski definition) is 2. The van der Waals surface area contributed by atoms with Gasteiger partial charge in [-0.1, -0.05) is 42.8 Å². The molecule has 1 atom stereocenters. The molecule has 24 heavy (non-hydrogen) atoms. The molecule has 1 N–H and O–H groups in total. The van der Waals surface area contributed by atoms with Crippen molar-refractivity contribution in [3.05, 3.63) is 70.5 Å². The molecule has 0 aliphatic carbocycles. The first-order valence-corrected chi connectivity index (χ1v) is 8.60. The van der Waals surface area contributed by atoms with E-state index in [1.54, 1.807) is 12.1 Å². The molecule has 0 saturated carbocycles. The van der Waals surface area contributed by atoms with Crippen molar-refractivity contribution in [1.82, 2.24) is 4.90 Å². The first-order valence-electron chi connectivity index (χ1n) is 8.60. The van der Waals surface area contributed by atoms with Crippen molar-refractivity contribution >= 4 is 0 Å². The number of rotatable bonds is 7. The molecule has 0 saturated heterocycles. The highest BCUT2D eigenvalue weighted by atomic mass is 19.1. The third-order valence-corrected chi connectivity index (χ3v) is 4.55. The lowest BCUT2D eigenvalue weighted by Crippen LogP contribution is -2.30. The minimum Gasteiger partial charge on any atom is -0.380 e. The summed E-state index contributed by atoms with van der Waals surface area (Å²) >= 11 is 0. The minimum absolute atomic E-state index is 0.283. The molecule has 0 spiro atoms. The maximum Gasteiger partial charge on any atom is 0.123 e. The molecule has 2 aromatic carbocycles. The van der Waals surface area contributed by atoms with E-state index in [0.29, 0.717) is 6.42 Å². The molecule has 0 amide bonds. The van der Waals surface area contributed by atoms with Gasteiger partial charge in [0.25, 0.3) is 0 Å². The zero-order chi connectivity index (χ0) is 17.7. The lowest BCUT2D eigenvalue weighted by Gasteiger charge is -2.32. The monoisotopic (exact) mass is 329 g/mol. The standard InChI is InChI=1S/C21H28FNO/c1-5-17-15-16(2)7-12-20(17)21(24,13-6-14-23(3)4)18-8-10-19(22)11-9-18/h7-12,15,24H,5-6,13-14H2,1-4H3/t21-/m0/s1. The summed E-state index contributed by atoms with van der Waals surface area (Å²) in [6, 6.07) is 12.4. The van der Waals surface area contributed by atoms with Crippen LogP contribution in [0.15, 0.2) is 42.5 Å². The lowest BCUT2D eigenvalue weighted by atomic mass is 9.79. The maximum absolute atomic E-state index is 13.3. The molecule has 0 bridgehead atoms. The van der Waals surface area contributed by atoms with Crippen LogP contribution in [-0.2, 0) is 12.0 Å². The normalized spacial score (nSPS) is 14.0. The molecule has 0 radical (unpaired) electrons. The van der Waals surface area contributed by atoms with Crippen LogP contribution in [0.4, 0.5) is 4.39 Å². The van der Waals surface area contributed by atoms with E-state index in [1.807, 2.05) is 26.2 Å². The lowest BCUT2D eigenvalue weighted by molar-refractivity contribution is 0.0655. The fourth-order valence-electron chi connectivity index (χ4n) is 3.23. The fraction of sp³-hybridized carbons (Fsp3) is 0.429. The first-order chi connectivity index (χ1) is 11.4. The van der Waals surface area contributed by atoms with Crippen LogP contribution in [-0.4, -0.2) is 30.6 Å². The molecule has 0 aliphatic heterocycles. The van der Waals surface area contributed by atoms with Crippen molar-refractivity contribution in [2.45, 2.75) is 38.7 Å².